The van der Waals surface area contributed by atoms with Crippen LogP contribution in [0.1, 0.15) is 12.0 Å². The summed E-state index contributed by atoms with van der Waals surface area (Å²) in [4.78, 5) is 11.3. The summed E-state index contributed by atoms with van der Waals surface area (Å²) < 4.78 is 11.1. The van der Waals surface area contributed by atoms with Gasteiger partial charge in [0.2, 0.25) is 5.91 Å². The minimum atomic E-state index is 0.0819. The highest BCUT2D eigenvalue weighted by molar-refractivity contribution is 5.79. The number of aryl methyl sites for hydroxylation is 1. The Kier molecular flexibility index (Phi) is 3.55. The lowest BCUT2D eigenvalue weighted by Crippen LogP contribution is -2.52. The second kappa shape index (κ2) is 5.48. The molecule has 1 aromatic rings. The van der Waals surface area contributed by atoms with Crippen molar-refractivity contribution < 1.29 is 14.3 Å². The van der Waals surface area contributed by atoms with Crippen molar-refractivity contribution >= 4 is 5.91 Å². The Morgan fingerprint density at radius 3 is 2.89 bits per heavy atom. The Hall–Kier alpha value is -1.75. The van der Waals surface area contributed by atoms with Gasteiger partial charge in [0.05, 0.1) is 6.54 Å². The number of amides is 1. The molecule has 2 N–H and O–H groups in total. The molecule has 2 heterocycles. The van der Waals surface area contributed by atoms with Crippen LogP contribution >= 0.6 is 0 Å². The summed E-state index contributed by atoms with van der Waals surface area (Å²) in [6.45, 7) is 2.50. The number of benzene rings is 1. The first-order valence-electron chi connectivity index (χ1n) is 6.70. The molecule has 1 atom stereocenters. The fourth-order valence-corrected chi connectivity index (χ4v) is 2.45. The van der Waals surface area contributed by atoms with Crippen molar-refractivity contribution in [1.82, 2.24) is 10.6 Å². The smallest absolute Gasteiger partial charge is 0.234 e. The molecule has 0 bridgehead atoms. The van der Waals surface area contributed by atoms with Crippen molar-refractivity contribution in [2.45, 2.75) is 18.9 Å². The minimum Gasteiger partial charge on any atom is -0.486 e. The standard InChI is InChI=1S/C14H18N2O3/c17-14-9-15-8-11(16-14)3-1-10-2-4-12-13(7-10)19-6-5-18-12/h2,4,7,11,15H,1,3,5-6,8-9H2,(H,16,17). The summed E-state index contributed by atoms with van der Waals surface area (Å²) in [7, 11) is 0. The Morgan fingerprint density at radius 1 is 1.21 bits per heavy atom. The van der Waals surface area contributed by atoms with Gasteiger partial charge in [0.25, 0.3) is 0 Å². The van der Waals surface area contributed by atoms with Crippen molar-refractivity contribution in [2.24, 2.45) is 0 Å². The number of nitrogens with one attached hydrogen (secondary N) is 2. The zero-order chi connectivity index (χ0) is 13.1. The normalized spacial score (nSPS) is 21.9. The van der Waals surface area contributed by atoms with Gasteiger partial charge in [-0.25, -0.2) is 0 Å². The summed E-state index contributed by atoms with van der Waals surface area (Å²) in [5.74, 6) is 1.73. The first kappa shape index (κ1) is 12.3. The van der Waals surface area contributed by atoms with E-state index in [2.05, 4.69) is 16.7 Å². The Morgan fingerprint density at radius 2 is 2.05 bits per heavy atom. The van der Waals surface area contributed by atoms with Crippen LogP contribution in [-0.2, 0) is 11.2 Å². The molecular weight excluding hydrogens is 244 g/mol. The monoisotopic (exact) mass is 262 g/mol. The topological polar surface area (TPSA) is 59.6 Å². The highest BCUT2D eigenvalue weighted by Crippen LogP contribution is 2.31. The number of piperazine rings is 1. The van der Waals surface area contributed by atoms with Gasteiger partial charge in [-0.1, -0.05) is 6.07 Å². The van der Waals surface area contributed by atoms with E-state index in [0.717, 1.165) is 30.9 Å². The lowest BCUT2D eigenvalue weighted by atomic mass is 10.0. The van der Waals surface area contributed by atoms with Crippen molar-refractivity contribution in [1.29, 1.82) is 0 Å². The second-order valence-electron chi connectivity index (χ2n) is 4.91. The third-order valence-electron chi connectivity index (χ3n) is 3.43. The molecule has 5 heteroatoms. The van der Waals surface area contributed by atoms with E-state index in [0.29, 0.717) is 19.8 Å². The predicted molar refractivity (Wildman–Crippen MR) is 70.6 cm³/mol. The van der Waals surface area contributed by atoms with Gasteiger partial charge in [0.1, 0.15) is 13.2 Å². The number of carbonyl (C=O) groups is 1. The van der Waals surface area contributed by atoms with Crippen LogP contribution in [0.2, 0.25) is 0 Å². The van der Waals surface area contributed by atoms with Gasteiger partial charge in [-0.05, 0) is 30.5 Å². The maximum atomic E-state index is 11.3. The molecule has 1 aromatic carbocycles. The molecular formula is C14H18N2O3. The number of ether oxygens (including phenoxy) is 2. The lowest BCUT2D eigenvalue weighted by Gasteiger charge is -2.24. The van der Waals surface area contributed by atoms with E-state index >= 15 is 0 Å². The van der Waals surface area contributed by atoms with Crippen LogP contribution in [0.3, 0.4) is 0 Å². The summed E-state index contributed by atoms with van der Waals surface area (Å²) in [6.07, 6.45) is 1.85. The van der Waals surface area contributed by atoms with Crippen molar-refractivity contribution in [2.75, 3.05) is 26.3 Å². The van der Waals surface area contributed by atoms with Crippen molar-refractivity contribution in [3.63, 3.8) is 0 Å². The molecule has 0 radical (unpaired) electrons. The summed E-state index contributed by atoms with van der Waals surface area (Å²) in [5.41, 5.74) is 1.21. The molecule has 102 valence electrons. The summed E-state index contributed by atoms with van der Waals surface area (Å²) >= 11 is 0. The van der Waals surface area contributed by atoms with E-state index in [9.17, 15) is 4.79 Å². The van der Waals surface area contributed by atoms with E-state index in [1.807, 2.05) is 12.1 Å². The molecule has 1 fully saturated rings. The van der Waals surface area contributed by atoms with E-state index in [1.165, 1.54) is 5.56 Å². The van der Waals surface area contributed by atoms with Gasteiger partial charge in [0.15, 0.2) is 11.5 Å². The molecule has 19 heavy (non-hydrogen) atoms. The van der Waals surface area contributed by atoms with Crippen LogP contribution in [0, 0.1) is 0 Å². The quantitative estimate of drug-likeness (QED) is 0.832. The molecule has 3 rings (SSSR count). The fourth-order valence-electron chi connectivity index (χ4n) is 2.45. The Bertz CT molecular complexity index is 476. The number of rotatable bonds is 3. The van der Waals surface area contributed by atoms with E-state index in [1.54, 1.807) is 0 Å². The first-order chi connectivity index (χ1) is 9.31. The fraction of sp³-hybridized carbons (Fsp3) is 0.500. The van der Waals surface area contributed by atoms with Crippen LogP contribution in [0.5, 0.6) is 11.5 Å². The molecule has 0 aliphatic carbocycles. The van der Waals surface area contributed by atoms with Crippen LogP contribution in [-0.4, -0.2) is 38.3 Å². The highest BCUT2D eigenvalue weighted by Gasteiger charge is 2.18. The van der Waals surface area contributed by atoms with Gasteiger partial charge >= 0.3 is 0 Å². The molecule has 5 nitrogen and oxygen atoms in total. The maximum Gasteiger partial charge on any atom is 0.234 e. The van der Waals surface area contributed by atoms with E-state index in [4.69, 9.17) is 9.47 Å². The van der Waals surface area contributed by atoms with Crippen molar-refractivity contribution in [3.8, 4) is 11.5 Å². The number of fused-ring (bicyclic) bond motifs is 1. The molecule has 0 aromatic heterocycles. The van der Waals surface area contributed by atoms with Gasteiger partial charge in [-0.3, -0.25) is 4.79 Å². The van der Waals surface area contributed by atoms with Crippen molar-refractivity contribution in [3.05, 3.63) is 23.8 Å². The first-order valence-corrected chi connectivity index (χ1v) is 6.70. The van der Waals surface area contributed by atoms with Crippen LogP contribution in [0.4, 0.5) is 0 Å². The highest BCUT2D eigenvalue weighted by atomic mass is 16.6. The van der Waals surface area contributed by atoms with E-state index < -0.39 is 0 Å². The van der Waals surface area contributed by atoms with Gasteiger partial charge in [-0.15, -0.1) is 0 Å². The third-order valence-corrected chi connectivity index (χ3v) is 3.43. The van der Waals surface area contributed by atoms with Crippen LogP contribution < -0.4 is 20.1 Å². The van der Waals surface area contributed by atoms with Gasteiger partial charge < -0.3 is 20.1 Å². The maximum absolute atomic E-state index is 11.3. The average Bonchev–Trinajstić information content (AvgIpc) is 2.45. The zero-order valence-corrected chi connectivity index (χ0v) is 10.8. The minimum absolute atomic E-state index is 0.0819. The Balaban J connectivity index is 1.59. The average molecular weight is 262 g/mol. The number of hydrogen-bond donors (Lipinski definition) is 2. The SMILES string of the molecule is O=C1CNCC(CCc2ccc3c(c2)OCCO3)N1. The van der Waals surface area contributed by atoms with Gasteiger partial charge in [-0.2, -0.15) is 0 Å². The third kappa shape index (κ3) is 2.98. The molecule has 2 aliphatic heterocycles. The predicted octanol–water partition coefficient (Wildman–Crippen LogP) is 0.478. The van der Waals surface area contributed by atoms with E-state index in [-0.39, 0.29) is 11.9 Å². The molecule has 1 unspecified atom stereocenters. The lowest BCUT2D eigenvalue weighted by molar-refractivity contribution is -0.122. The number of carbonyl (C=O) groups excluding carboxylic acids is 1. The number of hydrogen-bond acceptors (Lipinski definition) is 4. The Labute approximate surface area is 112 Å². The molecule has 2 aliphatic rings. The zero-order valence-electron chi connectivity index (χ0n) is 10.8. The molecule has 1 saturated heterocycles. The molecule has 1 amide bonds. The second-order valence-corrected chi connectivity index (χ2v) is 4.91. The largest absolute Gasteiger partial charge is 0.486 e. The molecule has 0 spiro atoms. The van der Waals surface area contributed by atoms with Crippen LogP contribution in [0.15, 0.2) is 18.2 Å². The summed E-state index contributed by atoms with van der Waals surface area (Å²) in [5, 5.41) is 6.11. The van der Waals surface area contributed by atoms with Crippen LogP contribution in [0.25, 0.3) is 0 Å². The van der Waals surface area contributed by atoms with Gasteiger partial charge in [0, 0.05) is 12.6 Å². The summed E-state index contributed by atoms with van der Waals surface area (Å²) in [6, 6.07) is 6.27. The molecule has 0 saturated carbocycles.